The minimum absolute atomic E-state index is 0.271. The zero-order valence-corrected chi connectivity index (χ0v) is 9.41. The molecule has 1 atom stereocenters. The Kier molecular flexibility index (Phi) is 2.03. The maximum atomic E-state index is 5.55. The van der Waals surface area contributed by atoms with E-state index in [4.69, 9.17) is 9.47 Å². The van der Waals surface area contributed by atoms with Crippen LogP contribution in [-0.4, -0.2) is 30.3 Å². The Balaban J connectivity index is 2.11. The summed E-state index contributed by atoms with van der Waals surface area (Å²) in [5.41, 5.74) is 0.271. The monoisotopic (exact) mass is 197 g/mol. The maximum absolute atomic E-state index is 5.55. The van der Waals surface area contributed by atoms with Gasteiger partial charge in [0.2, 0.25) is 0 Å². The molecule has 3 nitrogen and oxygen atoms in total. The van der Waals surface area contributed by atoms with Gasteiger partial charge in [-0.15, -0.1) is 0 Å². The summed E-state index contributed by atoms with van der Waals surface area (Å²) in [6.45, 7) is 7.63. The van der Waals surface area contributed by atoms with E-state index < -0.39 is 5.79 Å². The van der Waals surface area contributed by atoms with Crippen LogP contribution in [0.2, 0.25) is 0 Å². The van der Waals surface area contributed by atoms with E-state index in [2.05, 4.69) is 32.7 Å². The molecule has 1 fully saturated rings. The van der Waals surface area contributed by atoms with Crippen LogP contribution in [0.25, 0.3) is 0 Å². The predicted octanol–water partition coefficient (Wildman–Crippen LogP) is 1.95. The number of likely N-dealkylation sites (tertiary alicyclic amines) is 1. The van der Waals surface area contributed by atoms with Crippen molar-refractivity contribution in [2.75, 3.05) is 13.6 Å². The fourth-order valence-electron chi connectivity index (χ4n) is 2.47. The zero-order chi connectivity index (χ0) is 10.4. The van der Waals surface area contributed by atoms with Crippen molar-refractivity contribution in [3.63, 3.8) is 0 Å². The first kappa shape index (κ1) is 9.84. The Morgan fingerprint density at radius 1 is 1.29 bits per heavy atom. The Labute approximate surface area is 85.7 Å². The van der Waals surface area contributed by atoms with Crippen LogP contribution in [0.1, 0.15) is 27.2 Å². The Morgan fingerprint density at radius 2 is 1.86 bits per heavy atom. The van der Waals surface area contributed by atoms with E-state index in [1.165, 1.54) is 0 Å². The lowest BCUT2D eigenvalue weighted by atomic mass is 9.84. The quantitative estimate of drug-likeness (QED) is 0.592. The number of rotatable bonds is 0. The van der Waals surface area contributed by atoms with Crippen LogP contribution in [-0.2, 0) is 9.47 Å². The molecule has 0 aromatic rings. The molecule has 0 unspecified atom stereocenters. The highest BCUT2D eigenvalue weighted by molar-refractivity contribution is 4.99. The molecule has 2 aliphatic heterocycles. The van der Waals surface area contributed by atoms with E-state index >= 15 is 0 Å². The van der Waals surface area contributed by atoms with E-state index in [1.807, 2.05) is 0 Å². The van der Waals surface area contributed by atoms with Crippen molar-refractivity contribution in [2.45, 2.75) is 39.0 Å². The molecule has 14 heavy (non-hydrogen) atoms. The molecule has 80 valence electrons. The van der Waals surface area contributed by atoms with Crippen LogP contribution in [0, 0.1) is 5.41 Å². The van der Waals surface area contributed by atoms with Crippen LogP contribution >= 0.6 is 0 Å². The van der Waals surface area contributed by atoms with Crippen LogP contribution in [0.15, 0.2) is 12.5 Å². The molecule has 0 aromatic carbocycles. The first-order valence-electron chi connectivity index (χ1n) is 5.14. The topological polar surface area (TPSA) is 21.7 Å². The lowest BCUT2D eigenvalue weighted by Gasteiger charge is -2.31. The first-order valence-corrected chi connectivity index (χ1v) is 5.14. The van der Waals surface area contributed by atoms with Gasteiger partial charge in [0, 0.05) is 12.5 Å². The van der Waals surface area contributed by atoms with Crippen molar-refractivity contribution in [3.05, 3.63) is 12.5 Å². The maximum Gasteiger partial charge on any atom is 0.264 e. The molecule has 0 radical (unpaired) electrons. The van der Waals surface area contributed by atoms with Crippen molar-refractivity contribution in [2.24, 2.45) is 5.41 Å². The van der Waals surface area contributed by atoms with Gasteiger partial charge in [-0.25, -0.2) is 0 Å². The van der Waals surface area contributed by atoms with Gasteiger partial charge in [0.15, 0.2) is 0 Å². The summed E-state index contributed by atoms with van der Waals surface area (Å²) in [4.78, 5) is 2.33. The largest absolute Gasteiger partial charge is 0.455 e. The van der Waals surface area contributed by atoms with Crippen LogP contribution < -0.4 is 0 Å². The Hall–Kier alpha value is -0.700. The summed E-state index contributed by atoms with van der Waals surface area (Å²) in [5, 5.41) is 0. The third kappa shape index (κ3) is 1.50. The van der Waals surface area contributed by atoms with Gasteiger partial charge in [-0.1, -0.05) is 20.8 Å². The molecule has 0 aliphatic carbocycles. The third-order valence-electron chi connectivity index (χ3n) is 3.15. The van der Waals surface area contributed by atoms with Gasteiger partial charge >= 0.3 is 0 Å². The fraction of sp³-hybridized carbons (Fsp3) is 0.818. The SMILES string of the molecule is CN1CC2(C[C@H]1C(C)(C)C)OC=CO2. The van der Waals surface area contributed by atoms with E-state index in [9.17, 15) is 0 Å². The first-order chi connectivity index (χ1) is 6.43. The minimum atomic E-state index is -0.396. The average Bonchev–Trinajstić information content (AvgIpc) is 2.59. The second-order valence-corrected chi connectivity index (χ2v) is 5.42. The van der Waals surface area contributed by atoms with Gasteiger partial charge in [0.05, 0.1) is 6.54 Å². The highest BCUT2D eigenvalue weighted by Gasteiger charge is 2.50. The van der Waals surface area contributed by atoms with Gasteiger partial charge < -0.3 is 9.47 Å². The second kappa shape index (κ2) is 2.89. The van der Waals surface area contributed by atoms with Crippen molar-refractivity contribution in [3.8, 4) is 0 Å². The smallest absolute Gasteiger partial charge is 0.264 e. The van der Waals surface area contributed by atoms with Crippen LogP contribution in [0.4, 0.5) is 0 Å². The molecule has 0 bridgehead atoms. The molecule has 3 heteroatoms. The molecule has 1 saturated heterocycles. The van der Waals surface area contributed by atoms with Gasteiger partial charge in [-0.2, -0.15) is 0 Å². The van der Waals surface area contributed by atoms with E-state index in [-0.39, 0.29) is 5.41 Å². The van der Waals surface area contributed by atoms with Gasteiger partial charge in [-0.3, -0.25) is 4.90 Å². The summed E-state index contributed by atoms with van der Waals surface area (Å²) in [7, 11) is 2.13. The average molecular weight is 197 g/mol. The van der Waals surface area contributed by atoms with Crippen LogP contribution in [0.3, 0.4) is 0 Å². The van der Waals surface area contributed by atoms with Gasteiger partial charge in [0.25, 0.3) is 5.79 Å². The second-order valence-electron chi connectivity index (χ2n) is 5.42. The standard InChI is InChI=1S/C11H19NO2/c1-10(2,3)9-7-11(8-12(9)4)13-5-6-14-11/h5-6,9H,7-8H2,1-4H3/t9-/m0/s1. The lowest BCUT2D eigenvalue weighted by molar-refractivity contribution is -0.129. The van der Waals surface area contributed by atoms with Crippen molar-refractivity contribution < 1.29 is 9.47 Å². The van der Waals surface area contributed by atoms with Crippen molar-refractivity contribution >= 4 is 0 Å². The summed E-state index contributed by atoms with van der Waals surface area (Å²) in [6, 6.07) is 0.516. The summed E-state index contributed by atoms with van der Waals surface area (Å²) >= 11 is 0. The Morgan fingerprint density at radius 3 is 2.29 bits per heavy atom. The molecular weight excluding hydrogens is 178 g/mol. The Bertz CT molecular complexity index is 247. The molecule has 0 saturated carbocycles. The molecule has 0 amide bonds. The number of hydrogen-bond donors (Lipinski definition) is 0. The highest BCUT2D eigenvalue weighted by Crippen LogP contribution is 2.40. The van der Waals surface area contributed by atoms with E-state index in [1.54, 1.807) is 12.5 Å². The zero-order valence-electron chi connectivity index (χ0n) is 9.41. The van der Waals surface area contributed by atoms with Gasteiger partial charge in [-0.05, 0) is 12.5 Å². The summed E-state index contributed by atoms with van der Waals surface area (Å²) < 4.78 is 11.1. The highest BCUT2D eigenvalue weighted by atomic mass is 16.7. The molecule has 0 aromatic heterocycles. The fourth-order valence-corrected chi connectivity index (χ4v) is 2.47. The molecule has 2 aliphatic rings. The summed E-state index contributed by atoms with van der Waals surface area (Å²) in [6.07, 6.45) is 4.25. The van der Waals surface area contributed by atoms with E-state index in [0.29, 0.717) is 6.04 Å². The van der Waals surface area contributed by atoms with Crippen LogP contribution in [0.5, 0.6) is 0 Å². The van der Waals surface area contributed by atoms with Gasteiger partial charge in [0.1, 0.15) is 12.5 Å². The van der Waals surface area contributed by atoms with Crippen molar-refractivity contribution in [1.29, 1.82) is 0 Å². The predicted molar refractivity (Wildman–Crippen MR) is 54.5 cm³/mol. The molecular formula is C11H19NO2. The molecule has 2 rings (SSSR count). The lowest BCUT2D eigenvalue weighted by Crippen LogP contribution is -2.36. The number of hydrogen-bond acceptors (Lipinski definition) is 3. The number of ether oxygens (including phenoxy) is 2. The molecule has 0 N–H and O–H groups in total. The number of nitrogens with zero attached hydrogens (tertiary/aromatic N) is 1. The normalized spacial score (nSPS) is 30.7. The molecule has 2 heterocycles. The van der Waals surface area contributed by atoms with E-state index in [0.717, 1.165) is 13.0 Å². The van der Waals surface area contributed by atoms with Crippen molar-refractivity contribution in [1.82, 2.24) is 4.90 Å². The molecule has 1 spiro atoms. The number of likely N-dealkylation sites (N-methyl/N-ethyl adjacent to an activating group) is 1. The third-order valence-corrected chi connectivity index (χ3v) is 3.15. The minimum Gasteiger partial charge on any atom is -0.455 e. The summed E-state index contributed by atoms with van der Waals surface area (Å²) in [5.74, 6) is -0.396.